The number of halogens is 3. The number of carbonyl (C=O) groups excluding carboxylic acids is 5. The lowest BCUT2D eigenvalue weighted by Gasteiger charge is -2.35. The first-order chi connectivity index (χ1) is 26.8. The molecule has 0 bridgehead atoms. The van der Waals surface area contributed by atoms with Crippen molar-refractivity contribution in [2.45, 2.75) is 113 Å². The van der Waals surface area contributed by atoms with Gasteiger partial charge >= 0.3 is 12.1 Å². The Morgan fingerprint density at radius 1 is 1.04 bits per heavy atom. The molecule has 3 heterocycles. The van der Waals surface area contributed by atoms with Gasteiger partial charge in [-0.2, -0.15) is 0 Å². The van der Waals surface area contributed by atoms with Crippen molar-refractivity contribution in [3.63, 3.8) is 0 Å². The van der Waals surface area contributed by atoms with Crippen molar-refractivity contribution in [1.29, 1.82) is 0 Å². The first kappa shape index (κ1) is 42.2. The second-order valence-corrected chi connectivity index (χ2v) is 18.5. The Kier molecular flexibility index (Phi) is 12.2. The molecule has 18 heteroatoms. The quantitative estimate of drug-likeness (QED) is 0.342. The van der Waals surface area contributed by atoms with Crippen LogP contribution in [0.5, 0.6) is 0 Å². The summed E-state index contributed by atoms with van der Waals surface area (Å²) in [4.78, 5) is 73.4. The molecular formula is C39H47Cl2FN6O8S. The zero-order valence-corrected chi connectivity index (χ0v) is 34.5. The third kappa shape index (κ3) is 9.02. The molecule has 6 amide bonds. The van der Waals surface area contributed by atoms with Gasteiger partial charge in [-0.15, -0.1) is 0 Å². The minimum absolute atomic E-state index is 0.0234. The van der Waals surface area contributed by atoms with E-state index in [0.717, 1.165) is 6.42 Å². The lowest BCUT2D eigenvalue weighted by atomic mass is 10.0. The number of rotatable bonds is 5. The second-order valence-electron chi connectivity index (χ2n) is 16.0. The molecule has 6 rings (SSSR count). The molecular weight excluding hydrogens is 802 g/mol. The van der Waals surface area contributed by atoms with Gasteiger partial charge in [0.25, 0.3) is 15.9 Å². The topological polar surface area (TPSA) is 175 Å². The first-order valence-corrected chi connectivity index (χ1v) is 21.1. The Morgan fingerprint density at radius 2 is 1.74 bits per heavy atom. The monoisotopic (exact) mass is 848 g/mol. The molecule has 0 spiro atoms. The van der Waals surface area contributed by atoms with E-state index >= 15 is 0 Å². The van der Waals surface area contributed by atoms with Gasteiger partial charge in [-0.1, -0.05) is 66.4 Å². The van der Waals surface area contributed by atoms with Crippen LogP contribution in [0.1, 0.15) is 76.8 Å². The summed E-state index contributed by atoms with van der Waals surface area (Å²) in [5.41, 5.74) is -1.30. The Labute approximate surface area is 341 Å². The molecule has 5 atom stereocenters. The molecule has 0 unspecified atom stereocenters. The second kappa shape index (κ2) is 16.5. The highest BCUT2D eigenvalue weighted by atomic mass is 35.5. The van der Waals surface area contributed by atoms with E-state index in [1.807, 2.05) is 26.8 Å². The summed E-state index contributed by atoms with van der Waals surface area (Å²) in [5.74, 6) is -3.45. The van der Waals surface area contributed by atoms with Gasteiger partial charge in [0.2, 0.25) is 11.8 Å². The van der Waals surface area contributed by atoms with E-state index in [0.29, 0.717) is 30.4 Å². The van der Waals surface area contributed by atoms with Gasteiger partial charge in [0.05, 0.1) is 23.1 Å². The standard InChI is InChI=1S/C39H47Cl2FN6O8S/c1-38(2,3)46(4)36(52)43-30-17-9-7-5-6-8-13-24-19-39(24,35(51)45-57(54,55)32-27(40)14-11-15-28(32)41)44-33(49)31-18-25(21-48(31)34(30)50)56-37(53)47-20-23-12-10-16-29(42)26(23)22-47/h8,10-16,24-25,30-31H,5-7,9,17-22H2,1-4H3,(H,43,52)(H,44,49)(H,45,51)/b13-8-/t24-,25-,30+,31+,39-/m1/s1. The number of hydrogen-bond donors (Lipinski definition) is 3. The van der Waals surface area contributed by atoms with Crippen LogP contribution in [0, 0.1) is 11.7 Å². The first-order valence-electron chi connectivity index (χ1n) is 18.9. The van der Waals surface area contributed by atoms with E-state index < -0.39 is 85.8 Å². The number of urea groups is 1. The molecule has 308 valence electrons. The van der Waals surface area contributed by atoms with Crippen molar-refractivity contribution in [2.75, 3.05) is 13.6 Å². The number of amides is 6. The molecule has 1 aliphatic carbocycles. The predicted octanol–water partition coefficient (Wildman–Crippen LogP) is 5.26. The van der Waals surface area contributed by atoms with Crippen LogP contribution >= 0.6 is 23.2 Å². The highest BCUT2D eigenvalue weighted by Crippen LogP contribution is 2.46. The van der Waals surface area contributed by atoms with Gasteiger partial charge in [0.15, 0.2) is 0 Å². The normalized spacial score (nSPS) is 25.8. The van der Waals surface area contributed by atoms with Gasteiger partial charge < -0.3 is 25.2 Å². The van der Waals surface area contributed by atoms with Gasteiger partial charge in [-0.3, -0.25) is 19.3 Å². The molecule has 1 saturated heterocycles. The SMILES string of the molecule is CN(C(=O)N[C@H]1CCCCC/C=C\[C@@H]2C[C@@]2(C(=O)NS(=O)(=O)c2c(Cl)cccc2Cl)NC(=O)[C@@H]2C[C@@H](OC(=O)N3Cc4cccc(F)c4C3)CN2C1=O)C(C)(C)C. The molecule has 57 heavy (non-hydrogen) atoms. The van der Waals surface area contributed by atoms with E-state index in [4.69, 9.17) is 27.9 Å². The number of sulfonamides is 1. The summed E-state index contributed by atoms with van der Waals surface area (Å²) in [6.45, 7) is 5.39. The van der Waals surface area contributed by atoms with Crippen LogP contribution in [0.15, 0.2) is 53.4 Å². The van der Waals surface area contributed by atoms with Gasteiger partial charge in [-0.05, 0) is 70.2 Å². The molecule has 0 radical (unpaired) electrons. The molecule has 2 fully saturated rings. The van der Waals surface area contributed by atoms with Gasteiger partial charge in [0.1, 0.15) is 34.4 Å². The van der Waals surface area contributed by atoms with E-state index in [1.54, 1.807) is 25.3 Å². The highest BCUT2D eigenvalue weighted by molar-refractivity contribution is 7.90. The van der Waals surface area contributed by atoms with E-state index in [2.05, 4.69) is 15.4 Å². The average molecular weight is 850 g/mol. The van der Waals surface area contributed by atoms with Crippen molar-refractivity contribution in [3.05, 3.63) is 75.5 Å². The average Bonchev–Trinajstić information content (AvgIpc) is 3.42. The number of carbonyl (C=O) groups is 5. The fourth-order valence-corrected chi connectivity index (χ4v) is 9.63. The van der Waals surface area contributed by atoms with Crippen molar-refractivity contribution < 1.29 is 41.5 Å². The number of benzene rings is 2. The Bertz CT molecular complexity index is 2080. The third-order valence-corrected chi connectivity index (χ3v) is 13.4. The number of ether oxygens (including phenoxy) is 1. The lowest BCUT2D eigenvalue weighted by Crippen LogP contribution is -2.59. The number of fused-ring (bicyclic) bond motifs is 3. The Morgan fingerprint density at radius 3 is 2.42 bits per heavy atom. The largest absolute Gasteiger partial charge is 0.444 e. The molecule has 2 aromatic rings. The molecule has 3 aliphatic heterocycles. The third-order valence-electron chi connectivity index (χ3n) is 11.1. The molecule has 0 aromatic heterocycles. The molecule has 2 aromatic carbocycles. The zero-order valence-electron chi connectivity index (χ0n) is 32.1. The van der Waals surface area contributed by atoms with Crippen LogP contribution in [-0.4, -0.2) is 95.8 Å². The van der Waals surface area contributed by atoms with E-state index in [1.165, 1.54) is 39.0 Å². The maximum atomic E-state index is 14.5. The summed E-state index contributed by atoms with van der Waals surface area (Å²) in [6.07, 6.45) is 4.60. The summed E-state index contributed by atoms with van der Waals surface area (Å²) in [7, 11) is -3.00. The van der Waals surface area contributed by atoms with Crippen molar-refractivity contribution in [2.24, 2.45) is 5.92 Å². The fraction of sp³-hybridized carbons (Fsp3) is 0.513. The van der Waals surface area contributed by atoms with Gasteiger partial charge in [0, 0.05) is 37.0 Å². The van der Waals surface area contributed by atoms with Crippen LogP contribution < -0.4 is 15.4 Å². The molecule has 3 N–H and O–H groups in total. The number of allylic oxidation sites excluding steroid dienone is 1. The van der Waals surface area contributed by atoms with E-state index in [9.17, 15) is 36.8 Å². The number of hydrogen-bond acceptors (Lipinski definition) is 8. The maximum absolute atomic E-state index is 14.5. The van der Waals surface area contributed by atoms with Crippen LogP contribution in [0.2, 0.25) is 10.0 Å². The summed E-state index contributed by atoms with van der Waals surface area (Å²) < 4.78 is 49.4. The minimum Gasteiger partial charge on any atom is -0.444 e. The van der Waals surface area contributed by atoms with Gasteiger partial charge in [-0.25, -0.2) is 27.1 Å². The van der Waals surface area contributed by atoms with Crippen LogP contribution in [0.3, 0.4) is 0 Å². The molecule has 4 aliphatic rings. The minimum atomic E-state index is -4.61. The molecule has 1 saturated carbocycles. The molecule has 14 nitrogen and oxygen atoms in total. The Balaban J connectivity index is 1.29. The summed E-state index contributed by atoms with van der Waals surface area (Å²) in [5, 5.41) is 5.19. The van der Waals surface area contributed by atoms with Crippen LogP contribution in [-0.2, 0) is 42.2 Å². The van der Waals surface area contributed by atoms with Crippen LogP contribution in [0.4, 0.5) is 14.0 Å². The van der Waals surface area contributed by atoms with Crippen molar-refractivity contribution in [3.8, 4) is 0 Å². The predicted molar refractivity (Wildman–Crippen MR) is 209 cm³/mol. The van der Waals surface area contributed by atoms with Crippen molar-refractivity contribution >= 4 is 63.1 Å². The van der Waals surface area contributed by atoms with Crippen LogP contribution in [0.25, 0.3) is 0 Å². The number of nitrogens with zero attached hydrogens (tertiary/aromatic N) is 3. The van der Waals surface area contributed by atoms with E-state index in [-0.39, 0.29) is 48.9 Å². The lowest BCUT2D eigenvalue weighted by molar-refractivity contribution is -0.141. The number of nitrogens with one attached hydrogen (secondary N) is 3. The Hall–Kier alpha value is -4.41. The zero-order chi connectivity index (χ0) is 41.4. The maximum Gasteiger partial charge on any atom is 0.410 e. The fourth-order valence-electron chi connectivity index (χ4n) is 7.45. The van der Waals surface area contributed by atoms with Crippen molar-refractivity contribution in [1.82, 2.24) is 30.1 Å². The summed E-state index contributed by atoms with van der Waals surface area (Å²) >= 11 is 12.4. The smallest absolute Gasteiger partial charge is 0.410 e. The highest BCUT2D eigenvalue weighted by Gasteiger charge is 2.62. The summed E-state index contributed by atoms with van der Waals surface area (Å²) in [6, 6.07) is 5.81.